The molecule has 0 aliphatic carbocycles. The van der Waals surface area contributed by atoms with Gasteiger partial charge in [-0.25, -0.2) is 4.98 Å². The van der Waals surface area contributed by atoms with E-state index in [1.165, 1.54) is 50.0 Å². The molecule has 5 heteroatoms. The standard InChI is InChI=1S/C62H68N4O/c1-58(2,3)44-24-27-55-54(37-44)53-26-25-51(40-56(53)66(55)57-38-45(28-29-63-57)61(10,11)42-20-16-14-17-21-42)67-52-36-48(62(12,13)43-22-18-15-19-23-43)35-50(39-52)65-31-30-64(41-65)49-33-46(59(4,5)6)32-47(34-49)60(7,8)9/h14-40H,41H2,1-13H3. The lowest BCUT2D eigenvalue weighted by molar-refractivity contribution is 0.480. The van der Waals surface area contributed by atoms with Crippen LogP contribution < -0.4 is 14.5 Å². The Morgan fingerprint density at radius 2 is 0.955 bits per heavy atom. The predicted molar refractivity (Wildman–Crippen MR) is 284 cm³/mol. The molecule has 0 N–H and O–H groups in total. The average molecular weight is 885 g/mol. The Morgan fingerprint density at radius 1 is 0.403 bits per heavy atom. The van der Waals surface area contributed by atoms with E-state index in [1.807, 2.05) is 6.20 Å². The number of benzene rings is 6. The zero-order chi connectivity index (χ0) is 47.7. The van der Waals surface area contributed by atoms with Crippen molar-refractivity contribution in [2.45, 2.75) is 117 Å². The monoisotopic (exact) mass is 885 g/mol. The molecule has 67 heavy (non-hydrogen) atoms. The number of nitrogens with zero attached hydrogens (tertiary/aromatic N) is 4. The summed E-state index contributed by atoms with van der Waals surface area (Å²) in [5, 5.41) is 2.36. The molecule has 0 unspecified atom stereocenters. The molecule has 0 saturated carbocycles. The van der Waals surface area contributed by atoms with Crippen LogP contribution in [0.5, 0.6) is 11.5 Å². The topological polar surface area (TPSA) is 33.5 Å². The van der Waals surface area contributed by atoms with Crippen molar-refractivity contribution in [3.63, 3.8) is 0 Å². The highest BCUT2D eigenvalue weighted by Gasteiger charge is 2.29. The summed E-state index contributed by atoms with van der Waals surface area (Å²) in [7, 11) is 0. The van der Waals surface area contributed by atoms with E-state index in [0.29, 0.717) is 6.67 Å². The normalized spacial score (nSPS) is 13.9. The summed E-state index contributed by atoms with van der Waals surface area (Å²) in [4.78, 5) is 9.76. The molecule has 0 amide bonds. The zero-order valence-electron chi connectivity index (χ0n) is 42.0. The fraction of sp³-hybridized carbons (Fsp3) is 0.306. The molecule has 0 fully saturated rings. The fourth-order valence-corrected chi connectivity index (χ4v) is 9.45. The second kappa shape index (κ2) is 16.6. The molecule has 1 aliphatic rings. The molecular weight excluding hydrogens is 817 g/mol. The molecule has 3 heterocycles. The highest BCUT2D eigenvalue weighted by Crippen LogP contribution is 2.42. The smallest absolute Gasteiger partial charge is 0.137 e. The molecule has 0 bridgehead atoms. The zero-order valence-corrected chi connectivity index (χ0v) is 42.0. The Hall–Kier alpha value is -6.59. The van der Waals surface area contributed by atoms with E-state index in [2.05, 4.69) is 262 Å². The first-order valence-corrected chi connectivity index (χ1v) is 24.0. The number of hydrogen-bond acceptors (Lipinski definition) is 4. The van der Waals surface area contributed by atoms with Crippen LogP contribution in [-0.2, 0) is 27.1 Å². The van der Waals surface area contributed by atoms with Crippen molar-refractivity contribution < 1.29 is 4.74 Å². The van der Waals surface area contributed by atoms with Crippen molar-refractivity contribution in [3.8, 4) is 17.3 Å². The fourth-order valence-electron chi connectivity index (χ4n) is 9.45. The number of fused-ring (bicyclic) bond motifs is 3. The van der Waals surface area contributed by atoms with Crippen LogP contribution in [0.15, 0.2) is 164 Å². The van der Waals surface area contributed by atoms with Gasteiger partial charge in [-0.1, -0.05) is 163 Å². The first-order valence-electron chi connectivity index (χ1n) is 24.0. The summed E-state index contributed by atoms with van der Waals surface area (Å²) in [5.41, 5.74) is 12.8. The van der Waals surface area contributed by atoms with Gasteiger partial charge in [0.1, 0.15) is 17.3 Å². The highest BCUT2D eigenvalue weighted by atomic mass is 16.5. The average Bonchev–Trinajstić information content (AvgIpc) is 3.92. The van der Waals surface area contributed by atoms with E-state index in [1.54, 1.807) is 0 Å². The van der Waals surface area contributed by atoms with E-state index >= 15 is 0 Å². The summed E-state index contributed by atoms with van der Waals surface area (Å²) in [5.74, 6) is 2.43. The Bertz CT molecular complexity index is 3100. The van der Waals surface area contributed by atoms with Crippen LogP contribution in [0.25, 0.3) is 27.6 Å². The molecule has 0 saturated heterocycles. The largest absolute Gasteiger partial charge is 0.457 e. The molecule has 342 valence electrons. The lowest BCUT2D eigenvalue weighted by Crippen LogP contribution is -2.26. The number of anilines is 2. The lowest BCUT2D eigenvalue weighted by Gasteiger charge is -2.30. The van der Waals surface area contributed by atoms with Crippen LogP contribution >= 0.6 is 0 Å². The van der Waals surface area contributed by atoms with Gasteiger partial charge in [0.05, 0.1) is 17.7 Å². The molecule has 0 atom stereocenters. The van der Waals surface area contributed by atoms with Crippen molar-refractivity contribution in [2.24, 2.45) is 0 Å². The molecular formula is C62H68N4O. The van der Waals surface area contributed by atoms with Gasteiger partial charge in [-0.05, 0) is 116 Å². The van der Waals surface area contributed by atoms with Crippen LogP contribution in [0.4, 0.5) is 11.4 Å². The van der Waals surface area contributed by atoms with Crippen molar-refractivity contribution in [2.75, 3.05) is 16.5 Å². The first kappa shape index (κ1) is 45.6. The molecule has 1 aliphatic heterocycles. The number of aromatic nitrogens is 2. The van der Waals surface area contributed by atoms with Crippen LogP contribution in [0, 0.1) is 0 Å². The molecule has 5 nitrogen and oxygen atoms in total. The Morgan fingerprint density at radius 3 is 1.54 bits per heavy atom. The van der Waals surface area contributed by atoms with Gasteiger partial charge < -0.3 is 14.5 Å². The second-order valence-corrected chi connectivity index (χ2v) is 22.8. The second-order valence-electron chi connectivity index (χ2n) is 22.8. The Balaban J connectivity index is 1.14. The third-order valence-corrected chi connectivity index (χ3v) is 14.2. The van der Waals surface area contributed by atoms with E-state index in [9.17, 15) is 0 Å². The van der Waals surface area contributed by atoms with Crippen LogP contribution in [0.2, 0.25) is 0 Å². The molecule has 0 radical (unpaired) electrons. The quantitative estimate of drug-likeness (QED) is 0.145. The first-order chi connectivity index (χ1) is 31.6. The summed E-state index contributed by atoms with van der Waals surface area (Å²) >= 11 is 0. The van der Waals surface area contributed by atoms with Gasteiger partial charge in [0.2, 0.25) is 0 Å². The van der Waals surface area contributed by atoms with Gasteiger partial charge in [0.15, 0.2) is 0 Å². The van der Waals surface area contributed by atoms with Crippen LogP contribution in [0.3, 0.4) is 0 Å². The summed E-state index contributed by atoms with van der Waals surface area (Å²) < 4.78 is 9.40. The van der Waals surface area contributed by atoms with E-state index in [0.717, 1.165) is 39.4 Å². The number of pyridine rings is 1. The van der Waals surface area contributed by atoms with E-state index < -0.39 is 0 Å². The van der Waals surface area contributed by atoms with Crippen molar-refractivity contribution in [1.29, 1.82) is 0 Å². The third-order valence-electron chi connectivity index (χ3n) is 14.2. The van der Waals surface area contributed by atoms with Crippen molar-refractivity contribution in [1.82, 2.24) is 9.55 Å². The van der Waals surface area contributed by atoms with Crippen LogP contribution in [-0.4, -0.2) is 16.2 Å². The maximum absolute atomic E-state index is 7.08. The van der Waals surface area contributed by atoms with E-state index in [-0.39, 0.29) is 27.1 Å². The summed E-state index contributed by atoms with van der Waals surface area (Å²) in [6.45, 7) is 30.5. The summed E-state index contributed by atoms with van der Waals surface area (Å²) in [6, 6.07) is 53.3. The Kier molecular flexibility index (Phi) is 11.3. The molecule has 0 spiro atoms. The Labute approximate surface area is 399 Å². The minimum Gasteiger partial charge on any atom is -0.457 e. The highest BCUT2D eigenvalue weighted by molar-refractivity contribution is 6.09. The van der Waals surface area contributed by atoms with Crippen molar-refractivity contribution in [3.05, 3.63) is 203 Å². The summed E-state index contributed by atoms with van der Waals surface area (Å²) in [6.07, 6.45) is 6.37. The maximum Gasteiger partial charge on any atom is 0.137 e. The molecule has 9 rings (SSSR count). The van der Waals surface area contributed by atoms with Crippen molar-refractivity contribution >= 4 is 33.2 Å². The SMILES string of the molecule is CC(C)(C)c1cc(N2C=CN(c3cc(Oc4ccc5c6cc(C(C)(C)C)ccc6n(-c6cc(C(C)(C)c7ccccc7)ccn6)c5c4)cc(C(C)(C)c4ccccc4)c3)C2)cc(C(C)(C)C)c1. The van der Waals surface area contributed by atoms with Gasteiger partial charge >= 0.3 is 0 Å². The van der Waals surface area contributed by atoms with Gasteiger partial charge in [-0.15, -0.1) is 0 Å². The number of ether oxygens (including phenoxy) is 1. The minimum absolute atomic E-state index is 0.00677. The molecule has 8 aromatic rings. The molecule has 6 aromatic carbocycles. The van der Waals surface area contributed by atoms with Gasteiger partial charge in [0.25, 0.3) is 0 Å². The van der Waals surface area contributed by atoms with Crippen LogP contribution in [0.1, 0.15) is 129 Å². The number of rotatable bonds is 9. The number of hydrogen-bond donors (Lipinski definition) is 0. The predicted octanol–water partition coefficient (Wildman–Crippen LogP) is 16.3. The maximum atomic E-state index is 7.08. The van der Waals surface area contributed by atoms with E-state index in [4.69, 9.17) is 9.72 Å². The van der Waals surface area contributed by atoms with Gasteiger partial charge in [-0.2, -0.15) is 0 Å². The minimum atomic E-state index is -0.299. The van der Waals surface area contributed by atoms with Gasteiger partial charge in [-0.3, -0.25) is 4.57 Å². The van der Waals surface area contributed by atoms with Gasteiger partial charge in [0, 0.05) is 63.7 Å². The third kappa shape index (κ3) is 8.89. The lowest BCUT2D eigenvalue weighted by atomic mass is 9.78. The molecule has 2 aromatic heterocycles.